The van der Waals surface area contributed by atoms with Crippen molar-refractivity contribution in [2.24, 2.45) is 0 Å². The molecule has 7 heteroatoms. The van der Waals surface area contributed by atoms with Crippen LogP contribution < -0.4 is 4.74 Å². The molecule has 1 saturated carbocycles. The maximum absolute atomic E-state index is 12.5. The second-order valence-electron chi connectivity index (χ2n) is 7.54. The third-order valence-corrected chi connectivity index (χ3v) is 5.53. The van der Waals surface area contributed by atoms with Gasteiger partial charge < -0.3 is 9.84 Å². The highest BCUT2D eigenvalue weighted by Gasteiger charge is 2.31. The number of aromatic nitrogens is 1. The summed E-state index contributed by atoms with van der Waals surface area (Å²) in [4.78, 5) is 16.2. The lowest BCUT2D eigenvalue weighted by Gasteiger charge is -2.22. The SMILES string of the molecule is O=C(O)c1cc(-c2ccc(C3CCCCC3)cc2)nc2ccc(OC(F)(F)F)cc12. The molecule has 30 heavy (non-hydrogen) atoms. The van der Waals surface area contributed by atoms with Gasteiger partial charge >= 0.3 is 12.3 Å². The highest BCUT2D eigenvalue weighted by molar-refractivity contribution is 6.04. The van der Waals surface area contributed by atoms with E-state index in [1.807, 2.05) is 12.1 Å². The molecule has 0 spiro atoms. The quantitative estimate of drug-likeness (QED) is 0.525. The van der Waals surface area contributed by atoms with E-state index in [2.05, 4.69) is 21.9 Å². The van der Waals surface area contributed by atoms with E-state index >= 15 is 0 Å². The van der Waals surface area contributed by atoms with Crippen LogP contribution in [0.3, 0.4) is 0 Å². The summed E-state index contributed by atoms with van der Waals surface area (Å²) in [5, 5.41) is 9.69. The van der Waals surface area contributed by atoms with Gasteiger partial charge in [0.1, 0.15) is 5.75 Å². The van der Waals surface area contributed by atoms with Crippen molar-refractivity contribution in [3.05, 3.63) is 59.7 Å². The molecule has 1 fully saturated rings. The Morgan fingerprint density at radius 3 is 2.33 bits per heavy atom. The average molecular weight is 415 g/mol. The summed E-state index contributed by atoms with van der Waals surface area (Å²) in [6.07, 6.45) is 1.26. The maximum Gasteiger partial charge on any atom is 0.573 e. The van der Waals surface area contributed by atoms with Gasteiger partial charge in [0.15, 0.2) is 0 Å². The van der Waals surface area contributed by atoms with Crippen LogP contribution in [0.1, 0.15) is 53.9 Å². The highest BCUT2D eigenvalue weighted by Crippen LogP contribution is 2.34. The van der Waals surface area contributed by atoms with E-state index in [1.54, 1.807) is 0 Å². The summed E-state index contributed by atoms with van der Waals surface area (Å²) in [7, 11) is 0. The second kappa shape index (κ2) is 7.97. The minimum Gasteiger partial charge on any atom is -0.478 e. The lowest BCUT2D eigenvalue weighted by Crippen LogP contribution is -2.17. The summed E-state index contributed by atoms with van der Waals surface area (Å²) in [6, 6.07) is 12.9. The van der Waals surface area contributed by atoms with Crippen molar-refractivity contribution in [1.82, 2.24) is 4.98 Å². The van der Waals surface area contributed by atoms with Crippen LogP contribution in [0.25, 0.3) is 22.2 Å². The molecule has 0 bridgehead atoms. The Balaban J connectivity index is 1.71. The molecule has 1 aliphatic carbocycles. The summed E-state index contributed by atoms with van der Waals surface area (Å²) in [5.74, 6) is -1.17. The van der Waals surface area contributed by atoms with E-state index in [4.69, 9.17) is 0 Å². The fraction of sp³-hybridized carbons (Fsp3) is 0.304. The minimum absolute atomic E-state index is 0.0897. The number of benzene rings is 2. The van der Waals surface area contributed by atoms with Crippen molar-refractivity contribution in [1.29, 1.82) is 0 Å². The Labute approximate surface area is 171 Å². The molecule has 2 aromatic carbocycles. The van der Waals surface area contributed by atoms with E-state index < -0.39 is 18.1 Å². The highest BCUT2D eigenvalue weighted by atomic mass is 19.4. The van der Waals surface area contributed by atoms with Gasteiger partial charge in [0.05, 0.1) is 16.8 Å². The van der Waals surface area contributed by atoms with Gasteiger partial charge in [-0.25, -0.2) is 9.78 Å². The van der Waals surface area contributed by atoms with Gasteiger partial charge in [0.25, 0.3) is 0 Å². The van der Waals surface area contributed by atoms with Gasteiger partial charge in [-0.2, -0.15) is 0 Å². The number of carbonyl (C=O) groups is 1. The fourth-order valence-electron chi connectivity index (χ4n) is 4.09. The number of carboxylic acid groups (broad SMARTS) is 1. The van der Waals surface area contributed by atoms with Crippen molar-refractivity contribution < 1.29 is 27.8 Å². The number of ether oxygens (including phenoxy) is 1. The van der Waals surface area contributed by atoms with Crippen LogP contribution in [0.15, 0.2) is 48.5 Å². The van der Waals surface area contributed by atoms with Crippen LogP contribution in [0.5, 0.6) is 5.75 Å². The third kappa shape index (κ3) is 4.40. The van der Waals surface area contributed by atoms with Gasteiger partial charge in [-0.3, -0.25) is 0 Å². The molecule has 4 nitrogen and oxygen atoms in total. The number of hydrogen-bond acceptors (Lipinski definition) is 3. The van der Waals surface area contributed by atoms with Crippen molar-refractivity contribution in [3.8, 4) is 17.0 Å². The van der Waals surface area contributed by atoms with Gasteiger partial charge in [0, 0.05) is 10.9 Å². The van der Waals surface area contributed by atoms with Gasteiger partial charge in [0.2, 0.25) is 0 Å². The number of carboxylic acids is 1. The summed E-state index contributed by atoms with van der Waals surface area (Å²) in [6.45, 7) is 0. The van der Waals surface area contributed by atoms with Gasteiger partial charge in [-0.1, -0.05) is 43.5 Å². The first-order chi connectivity index (χ1) is 14.3. The molecule has 4 rings (SSSR count). The Morgan fingerprint density at radius 1 is 1.00 bits per heavy atom. The molecule has 0 aliphatic heterocycles. The minimum atomic E-state index is -4.86. The number of hydrogen-bond donors (Lipinski definition) is 1. The number of nitrogens with zero attached hydrogens (tertiary/aromatic N) is 1. The smallest absolute Gasteiger partial charge is 0.478 e. The Morgan fingerprint density at radius 2 is 1.70 bits per heavy atom. The molecule has 1 N–H and O–H groups in total. The average Bonchev–Trinajstić information content (AvgIpc) is 2.72. The van der Waals surface area contributed by atoms with Crippen LogP contribution in [-0.4, -0.2) is 22.4 Å². The van der Waals surface area contributed by atoms with Crippen LogP contribution in [0.2, 0.25) is 0 Å². The Bertz CT molecular complexity index is 1070. The number of halogens is 3. The number of alkyl halides is 3. The standard InChI is InChI=1S/C23H20F3NO3/c24-23(25,26)30-17-10-11-20-18(12-17)19(22(28)29)13-21(27-20)16-8-6-15(7-9-16)14-4-2-1-3-5-14/h6-14H,1-5H2,(H,28,29). The predicted octanol–water partition coefficient (Wildman–Crippen LogP) is 6.55. The van der Waals surface area contributed by atoms with Crippen molar-refractivity contribution in [2.75, 3.05) is 0 Å². The molecular formula is C23H20F3NO3. The maximum atomic E-state index is 12.5. The van der Waals surface area contributed by atoms with E-state index in [0.29, 0.717) is 11.6 Å². The molecule has 0 saturated heterocycles. The molecule has 0 unspecified atom stereocenters. The second-order valence-corrected chi connectivity index (χ2v) is 7.54. The van der Waals surface area contributed by atoms with Crippen molar-refractivity contribution in [2.45, 2.75) is 44.4 Å². The van der Waals surface area contributed by atoms with E-state index in [1.165, 1.54) is 49.8 Å². The summed E-state index contributed by atoms with van der Waals surface area (Å²) in [5.41, 5.74) is 2.65. The largest absolute Gasteiger partial charge is 0.573 e. The Hall–Kier alpha value is -3.09. The van der Waals surface area contributed by atoms with Crippen LogP contribution in [0, 0.1) is 0 Å². The first kappa shape index (κ1) is 20.2. The summed E-state index contributed by atoms with van der Waals surface area (Å²) < 4.78 is 41.4. The third-order valence-electron chi connectivity index (χ3n) is 5.53. The molecule has 0 atom stereocenters. The number of rotatable bonds is 4. The van der Waals surface area contributed by atoms with E-state index in [0.717, 1.165) is 17.7 Å². The monoisotopic (exact) mass is 415 g/mol. The fourth-order valence-corrected chi connectivity index (χ4v) is 4.09. The zero-order chi connectivity index (χ0) is 21.3. The normalized spacial score (nSPS) is 15.3. The summed E-state index contributed by atoms with van der Waals surface area (Å²) >= 11 is 0. The number of pyridine rings is 1. The predicted molar refractivity (Wildman–Crippen MR) is 107 cm³/mol. The van der Waals surface area contributed by atoms with Crippen LogP contribution in [0.4, 0.5) is 13.2 Å². The van der Waals surface area contributed by atoms with E-state index in [9.17, 15) is 23.1 Å². The molecule has 1 aliphatic rings. The molecule has 0 radical (unpaired) electrons. The molecule has 0 amide bonds. The van der Waals surface area contributed by atoms with Crippen molar-refractivity contribution >= 4 is 16.9 Å². The molecule has 156 valence electrons. The lowest BCUT2D eigenvalue weighted by atomic mass is 9.84. The topological polar surface area (TPSA) is 59.4 Å². The lowest BCUT2D eigenvalue weighted by molar-refractivity contribution is -0.274. The van der Waals surface area contributed by atoms with Crippen molar-refractivity contribution in [3.63, 3.8) is 0 Å². The molecule has 3 aromatic rings. The number of fused-ring (bicyclic) bond motifs is 1. The molecule has 1 heterocycles. The zero-order valence-corrected chi connectivity index (χ0v) is 16.1. The molecule has 1 aromatic heterocycles. The van der Waals surface area contributed by atoms with Crippen LogP contribution >= 0.6 is 0 Å². The van der Waals surface area contributed by atoms with E-state index in [-0.39, 0.29) is 16.5 Å². The molecular weight excluding hydrogens is 395 g/mol. The van der Waals surface area contributed by atoms with Crippen LogP contribution in [-0.2, 0) is 0 Å². The van der Waals surface area contributed by atoms with Gasteiger partial charge in [-0.15, -0.1) is 13.2 Å². The number of aromatic carboxylic acids is 1. The first-order valence-corrected chi connectivity index (χ1v) is 9.84. The zero-order valence-electron chi connectivity index (χ0n) is 16.1. The Kier molecular flexibility index (Phi) is 5.37. The van der Waals surface area contributed by atoms with Gasteiger partial charge in [-0.05, 0) is 48.6 Å². The first-order valence-electron chi connectivity index (χ1n) is 9.84.